The molecule has 7 nitrogen and oxygen atoms in total. The number of nitrogens with zero attached hydrogens (tertiary/aromatic N) is 2. The number of benzene rings is 1. The zero-order valence-corrected chi connectivity index (χ0v) is 22.9. The summed E-state index contributed by atoms with van der Waals surface area (Å²) in [7, 11) is -1.32. The highest BCUT2D eigenvalue weighted by atomic mass is 32.2. The summed E-state index contributed by atoms with van der Waals surface area (Å²) in [4.78, 5) is 29.9. The molecular formula is C26H38F3N3O4S. The van der Waals surface area contributed by atoms with Crippen molar-refractivity contribution in [1.29, 1.82) is 0 Å². The number of halogens is 3. The van der Waals surface area contributed by atoms with E-state index in [1.165, 1.54) is 6.07 Å². The first-order valence-corrected chi connectivity index (χ1v) is 14.6. The van der Waals surface area contributed by atoms with E-state index >= 15 is 0 Å². The van der Waals surface area contributed by atoms with E-state index in [-0.39, 0.29) is 35.2 Å². The molecule has 1 saturated carbocycles. The van der Waals surface area contributed by atoms with Crippen molar-refractivity contribution in [2.45, 2.75) is 89.0 Å². The van der Waals surface area contributed by atoms with Gasteiger partial charge in [0.25, 0.3) is 5.91 Å². The van der Waals surface area contributed by atoms with Crippen LogP contribution in [0.15, 0.2) is 24.3 Å². The minimum absolute atomic E-state index is 0.0111. The summed E-state index contributed by atoms with van der Waals surface area (Å²) in [5.41, 5.74) is -1.10. The lowest BCUT2D eigenvalue weighted by atomic mass is 9.81. The Morgan fingerprint density at radius 1 is 1.16 bits per heavy atom. The van der Waals surface area contributed by atoms with Gasteiger partial charge < -0.3 is 15.1 Å². The van der Waals surface area contributed by atoms with Gasteiger partial charge >= 0.3 is 6.18 Å². The van der Waals surface area contributed by atoms with Gasteiger partial charge in [-0.2, -0.15) is 13.2 Å². The Balaban J connectivity index is 1.75. The monoisotopic (exact) mass is 545 g/mol. The molecule has 1 saturated heterocycles. The molecule has 0 spiro atoms. The van der Waals surface area contributed by atoms with Gasteiger partial charge in [0.15, 0.2) is 9.84 Å². The van der Waals surface area contributed by atoms with E-state index in [2.05, 4.69) is 24.1 Å². The van der Waals surface area contributed by atoms with Crippen LogP contribution in [0.1, 0.15) is 69.3 Å². The van der Waals surface area contributed by atoms with E-state index in [4.69, 9.17) is 0 Å². The average molecular weight is 546 g/mol. The maximum Gasteiger partial charge on any atom is 0.416 e. The molecule has 1 heterocycles. The minimum atomic E-state index is -4.58. The van der Waals surface area contributed by atoms with Crippen LogP contribution in [0.25, 0.3) is 0 Å². The van der Waals surface area contributed by atoms with Gasteiger partial charge in [-0.25, -0.2) is 8.42 Å². The summed E-state index contributed by atoms with van der Waals surface area (Å²) >= 11 is 0. The summed E-state index contributed by atoms with van der Waals surface area (Å²) < 4.78 is 64.9. The number of hydrogen-bond acceptors (Lipinski definition) is 5. The van der Waals surface area contributed by atoms with Crippen molar-refractivity contribution in [3.63, 3.8) is 0 Å². The van der Waals surface area contributed by atoms with Crippen LogP contribution in [0, 0.1) is 5.92 Å². The van der Waals surface area contributed by atoms with Crippen molar-refractivity contribution < 1.29 is 31.2 Å². The minimum Gasteiger partial charge on any atom is -0.340 e. The summed E-state index contributed by atoms with van der Waals surface area (Å²) in [6.45, 7) is 7.86. The molecule has 1 aliphatic carbocycles. The van der Waals surface area contributed by atoms with Crippen LogP contribution in [0.4, 0.5) is 13.2 Å². The lowest BCUT2D eigenvalue weighted by Gasteiger charge is -2.44. The number of carbonyl (C=O) groups excluding carboxylic acids is 2. The summed E-state index contributed by atoms with van der Waals surface area (Å²) in [6.07, 6.45) is -2.14. The van der Waals surface area contributed by atoms with Gasteiger partial charge in [-0.3, -0.25) is 9.59 Å². The Kier molecular flexibility index (Phi) is 8.99. The molecule has 37 heavy (non-hydrogen) atoms. The molecule has 1 unspecified atom stereocenters. The predicted octanol–water partition coefficient (Wildman–Crippen LogP) is 3.74. The van der Waals surface area contributed by atoms with E-state index < -0.39 is 38.8 Å². The maximum absolute atomic E-state index is 13.3. The third kappa shape index (κ3) is 6.85. The van der Waals surface area contributed by atoms with Crippen LogP contribution in [-0.4, -0.2) is 78.8 Å². The third-order valence-electron chi connectivity index (χ3n) is 7.87. The largest absolute Gasteiger partial charge is 0.416 e. The van der Waals surface area contributed by atoms with E-state index in [0.717, 1.165) is 24.6 Å². The van der Waals surface area contributed by atoms with Gasteiger partial charge in [-0.15, -0.1) is 0 Å². The first kappa shape index (κ1) is 29.4. The highest BCUT2D eigenvalue weighted by molar-refractivity contribution is 7.91. The molecule has 11 heteroatoms. The lowest BCUT2D eigenvalue weighted by molar-refractivity contribution is -0.137. The second-order valence-corrected chi connectivity index (χ2v) is 13.5. The molecule has 1 aromatic rings. The third-order valence-corrected chi connectivity index (χ3v) is 10.2. The van der Waals surface area contributed by atoms with E-state index in [1.807, 2.05) is 7.05 Å². The zero-order valence-electron chi connectivity index (χ0n) is 22.1. The SMILES string of the molecule is CC(C)N(C)[C@@H]1CC[C@H](N2CCC(NC(=O)c3cccc(C(F)(F)F)c3)C2=O)[C@H](CS(=O)(=O)C(C)C)C1. The van der Waals surface area contributed by atoms with Crippen molar-refractivity contribution >= 4 is 21.7 Å². The van der Waals surface area contributed by atoms with E-state index in [1.54, 1.807) is 18.7 Å². The first-order valence-electron chi connectivity index (χ1n) is 12.8. The van der Waals surface area contributed by atoms with Crippen molar-refractivity contribution in [3.05, 3.63) is 35.4 Å². The van der Waals surface area contributed by atoms with E-state index in [0.29, 0.717) is 31.8 Å². The number of sulfone groups is 1. The van der Waals surface area contributed by atoms with Crippen LogP contribution in [0.3, 0.4) is 0 Å². The molecule has 4 atom stereocenters. The molecule has 1 aliphatic heterocycles. The van der Waals surface area contributed by atoms with E-state index in [9.17, 15) is 31.2 Å². The fraction of sp³-hybridized carbons (Fsp3) is 0.692. The maximum atomic E-state index is 13.3. The van der Waals surface area contributed by atoms with Crippen LogP contribution in [-0.2, 0) is 20.8 Å². The molecular weight excluding hydrogens is 507 g/mol. The van der Waals surface area contributed by atoms with Crippen LogP contribution < -0.4 is 5.32 Å². The smallest absolute Gasteiger partial charge is 0.340 e. The van der Waals surface area contributed by atoms with Gasteiger partial charge in [0.2, 0.25) is 5.91 Å². The highest BCUT2D eigenvalue weighted by Crippen LogP contribution is 2.35. The molecule has 3 rings (SSSR count). The number of carbonyl (C=O) groups is 2. The number of rotatable bonds is 8. The second kappa shape index (κ2) is 11.3. The quantitative estimate of drug-likeness (QED) is 0.538. The van der Waals surface area contributed by atoms with Crippen molar-refractivity contribution in [2.75, 3.05) is 19.3 Å². The number of amides is 2. The second-order valence-electron chi connectivity index (χ2n) is 10.9. The molecule has 0 radical (unpaired) electrons. The Morgan fingerprint density at radius 3 is 2.43 bits per heavy atom. The summed E-state index contributed by atoms with van der Waals surface area (Å²) in [5, 5.41) is 2.07. The number of likely N-dealkylation sites (tertiary alicyclic amines) is 1. The molecule has 2 amide bonds. The normalized spacial score (nSPS) is 25.4. The molecule has 1 aromatic carbocycles. The topological polar surface area (TPSA) is 86.8 Å². The van der Waals surface area contributed by atoms with Gasteiger partial charge in [-0.1, -0.05) is 6.07 Å². The summed E-state index contributed by atoms with van der Waals surface area (Å²) in [6, 6.07) is 3.47. The van der Waals surface area contributed by atoms with Crippen molar-refractivity contribution in [2.24, 2.45) is 5.92 Å². The predicted molar refractivity (Wildman–Crippen MR) is 136 cm³/mol. The highest BCUT2D eigenvalue weighted by Gasteiger charge is 2.44. The Hall–Kier alpha value is -2.14. The summed E-state index contributed by atoms with van der Waals surface area (Å²) in [5.74, 6) is -1.31. The molecule has 0 aromatic heterocycles. The molecule has 2 aliphatic rings. The van der Waals surface area contributed by atoms with Gasteiger partial charge in [-0.05, 0) is 84.5 Å². The van der Waals surface area contributed by atoms with Crippen LogP contribution in [0.5, 0.6) is 0 Å². The first-order chi connectivity index (χ1) is 17.1. The zero-order chi connectivity index (χ0) is 27.7. The van der Waals surface area contributed by atoms with Gasteiger partial charge in [0.1, 0.15) is 6.04 Å². The van der Waals surface area contributed by atoms with Crippen LogP contribution in [0.2, 0.25) is 0 Å². The average Bonchev–Trinajstić information content (AvgIpc) is 3.17. The van der Waals surface area contributed by atoms with Crippen LogP contribution >= 0.6 is 0 Å². The van der Waals surface area contributed by atoms with Gasteiger partial charge in [0.05, 0.1) is 16.6 Å². The number of nitrogens with one attached hydrogen (secondary N) is 1. The fourth-order valence-corrected chi connectivity index (χ4v) is 6.68. The molecule has 1 N–H and O–H groups in total. The molecule has 208 valence electrons. The Bertz CT molecular complexity index is 1090. The Labute approximate surface area is 217 Å². The fourth-order valence-electron chi connectivity index (χ4n) is 5.34. The molecule has 0 bridgehead atoms. The molecule has 2 fully saturated rings. The Morgan fingerprint density at radius 2 is 1.84 bits per heavy atom. The van der Waals surface area contributed by atoms with Crippen molar-refractivity contribution in [1.82, 2.24) is 15.1 Å². The number of hydrogen-bond donors (Lipinski definition) is 1. The van der Waals surface area contributed by atoms with Gasteiger partial charge in [0, 0.05) is 30.2 Å². The standard InChI is InChI=1S/C26H38F3N3O4S/c1-16(2)31(5)21-9-10-23(19(14-21)15-37(35,36)17(3)4)32-12-11-22(25(32)34)30-24(33)18-7-6-8-20(13-18)26(27,28)29/h6-8,13,16-17,19,21-23H,9-12,14-15H2,1-5H3,(H,30,33)/t19-,21+,22?,23-/m0/s1. The van der Waals surface area contributed by atoms with Crippen molar-refractivity contribution in [3.8, 4) is 0 Å². The number of alkyl halides is 3. The lowest BCUT2D eigenvalue weighted by Crippen LogP contribution is -2.53.